The molecule has 30 heteroatoms. The lowest BCUT2D eigenvalue weighted by molar-refractivity contribution is -0.196. The second-order valence-corrected chi connectivity index (χ2v) is 23.0. The summed E-state index contributed by atoms with van der Waals surface area (Å²) in [5.41, 5.74) is 9.45. The standard InChI is InChI=1S/C59H77N11O18S/c1-37(2)54(68-49(72)20-26-83-27-21-53(76)88-70-50(73)17-18-51(70)74)47(71)32-40(8-5-22-62-58(60)78)57(77)66-42-14-11-38(12-15-42)34-85-59(79)63-23-28-84-30-29-82-25-6-10-52(75)87-48-33-43(31-41(48)35-86-89(61,80)81)69-24-19-45-55(64-36-65-56(45)69)67-46-16-13-39-7-3-4-9-44(39)46/h3-4,7,9,11-12,14-15,17-19,24,36-37,40-41,43,46,48,54H,5-6,8,10,13,16,20-23,25-35H2,1-2H3,(H,63,79)(H,66,77)(H,68,72)(H3,60,62,78)(H2,61,80,81)(H,64,65,67)/t40-,41-,43+,46-,48-,54+/m0/s1. The molecule has 7 amide bonds. The van der Waals surface area contributed by atoms with Crippen LogP contribution in [-0.2, 0) is 89.6 Å². The number of carbonyl (C=O) groups is 9. The van der Waals surface area contributed by atoms with Crippen molar-refractivity contribution in [2.24, 2.45) is 28.6 Å². The largest absolute Gasteiger partial charge is 0.462 e. The van der Waals surface area contributed by atoms with E-state index >= 15 is 0 Å². The highest BCUT2D eigenvalue weighted by Gasteiger charge is 2.40. The van der Waals surface area contributed by atoms with Gasteiger partial charge in [0.1, 0.15) is 30.5 Å². The summed E-state index contributed by atoms with van der Waals surface area (Å²) in [7, 11) is -4.25. The molecule has 3 heterocycles. The third-order valence-corrected chi connectivity index (χ3v) is 15.4. The zero-order valence-electron chi connectivity index (χ0n) is 49.6. The first kappa shape index (κ1) is 68.1. The highest BCUT2D eigenvalue weighted by Crippen LogP contribution is 2.41. The minimum atomic E-state index is -4.25. The van der Waals surface area contributed by atoms with Crippen molar-refractivity contribution in [3.8, 4) is 0 Å². The number of ether oxygens (including phenoxy) is 5. The fourth-order valence-electron chi connectivity index (χ4n) is 10.4. The zero-order valence-corrected chi connectivity index (χ0v) is 50.4. The summed E-state index contributed by atoms with van der Waals surface area (Å²) in [4.78, 5) is 126. The van der Waals surface area contributed by atoms with Gasteiger partial charge in [0.25, 0.3) is 11.8 Å². The number of aryl methyl sites for hydroxylation is 1. The van der Waals surface area contributed by atoms with E-state index in [1.807, 2.05) is 29.0 Å². The highest BCUT2D eigenvalue weighted by molar-refractivity contribution is 7.84. The molecule has 2 aliphatic carbocycles. The van der Waals surface area contributed by atoms with Crippen molar-refractivity contribution < 1.29 is 84.3 Å². The van der Waals surface area contributed by atoms with Crippen molar-refractivity contribution in [2.75, 3.05) is 70.0 Å². The summed E-state index contributed by atoms with van der Waals surface area (Å²) in [6.07, 6.45) is 6.93. The van der Waals surface area contributed by atoms with Gasteiger partial charge in [-0.2, -0.15) is 8.42 Å². The Balaban J connectivity index is 0.751. The van der Waals surface area contributed by atoms with Gasteiger partial charge in [0.05, 0.1) is 63.5 Å². The summed E-state index contributed by atoms with van der Waals surface area (Å²) in [6.45, 7) is 3.95. The van der Waals surface area contributed by atoms with E-state index in [0.717, 1.165) is 30.4 Å². The number of hydrogen-bond acceptors (Lipinski definition) is 21. The van der Waals surface area contributed by atoms with Gasteiger partial charge in [0, 0.05) is 87.3 Å². The molecule has 1 saturated carbocycles. The van der Waals surface area contributed by atoms with Gasteiger partial charge in [0.2, 0.25) is 11.8 Å². The Labute approximate surface area is 514 Å². The average Bonchev–Trinajstić information content (AvgIpc) is 2.23. The summed E-state index contributed by atoms with van der Waals surface area (Å²) < 4.78 is 58.3. The number of nitrogens with zero attached hydrogens (tertiary/aromatic N) is 4. The van der Waals surface area contributed by atoms with Crippen LogP contribution in [0, 0.1) is 17.8 Å². The van der Waals surface area contributed by atoms with Gasteiger partial charge >= 0.3 is 34.4 Å². The van der Waals surface area contributed by atoms with E-state index in [1.165, 1.54) is 17.5 Å². The molecule has 3 aliphatic rings. The van der Waals surface area contributed by atoms with E-state index in [2.05, 4.69) is 48.7 Å². The van der Waals surface area contributed by atoms with Crippen LogP contribution in [0.2, 0.25) is 0 Å². The van der Waals surface area contributed by atoms with Gasteiger partial charge in [-0.25, -0.2) is 29.5 Å². The molecule has 0 radical (unpaired) electrons. The van der Waals surface area contributed by atoms with Gasteiger partial charge in [-0.15, -0.1) is 0 Å². The van der Waals surface area contributed by atoms with Crippen LogP contribution < -0.4 is 37.5 Å². The lowest BCUT2D eigenvalue weighted by Gasteiger charge is -2.24. The minimum absolute atomic E-state index is 0.0518. The van der Waals surface area contributed by atoms with E-state index in [-0.39, 0.29) is 116 Å². The van der Waals surface area contributed by atoms with Crippen molar-refractivity contribution in [1.82, 2.24) is 35.5 Å². The molecule has 1 aliphatic heterocycles. The number of fused-ring (bicyclic) bond motifs is 2. The number of amides is 7. The second-order valence-electron chi connectivity index (χ2n) is 21.8. The number of hydroxylamine groups is 2. The molecule has 2 aromatic heterocycles. The predicted molar refractivity (Wildman–Crippen MR) is 317 cm³/mol. The van der Waals surface area contributed by atoms with Crippen molar-refractivity contribution in [1.29, 1.82) is 0 Å². The number of ketones is 1. The first-order chi connectivity index (χ1) is 42.7. The van der Waals surface area contributed by atoms with E-state index < -0.39 is 87.8 Å². The Morgan fingerprint density at radius 3 is 2.27 bits per heavy atom. The Morgan fingerprint density at radius 2 is 1.53 bits per heavy atom. The fraction of sp³-hybridized carbons (Fsp3) is 0.508. The van der Waals surface area contributed by atoms with Gasteiger partial charge in [-0.05, 0) is 79.3 Å². The molecule has 4 aromatic rings. The average molecular weight is 1260 g/mol. The maximum absolute atomic E-state index is 13.7. The fourth-order valence-corrected chi connectivity index (χ4v) is 10.8. The van der Waals surface area contributed by atoms with Gasteiger partial charge in [0.15, 0.2) is 5.78 Å². The number of nitrogens with two attached hydrogens (primary N) is 2. The number of alkyl carbamates (subject to hydrolysis) is 1. The number of esters is 1. The number of urea groups is 1. The van der Waals surface area contributed by atoms with Crippen molar-refractivity contribution in [3.05, 3.63) is 96.0 Å². The number of anilines is 2. The monoisotopic (exact) mass is 1260 g/mol. The Morgan fingerprint density at radius 1 is 0.798 bits per heavy atom. The van der Waals surface area contributed by atoms with Crippen LogP contribution in [0.5, 0.6) is 0 Å². The molecule has 482 valence electrons. The van der Waals surface area contributed by atoms with Crippen LogP contribution in [0.3, 0.4) is 0 Å². The van der Waals surface area contributed by atoms with Crippen LogP contribution in [0.1, 0.15) is 107 Å². The number of imide groups is 1. The topological polar surface area (TPSA) is 399 Å². The van der Waals surface area contributed by atoms with Crippen LogP contribution in [0.4, 0.5) is 21.1 Å². The zero-order chi connectivity index (χ0) is 63.9. The van der Waals surface area contributed by atoms with Crippen LogP contribution >= 0.6 is 0 Å². The number of nitrogens with one attached hydrogen (secondary N) is 5. The number of Topliss-reactive ketones (excluding diaryl/α,β-unsaturated/α-hetero) is 1. The smallest absolute Gasteiger partial charge is 0.407 e. The number of primary amides is 1. The molecule has 0 spiro atoms. The van der Waals surface area contributed by atoms with Gasteiger partial charge in [-0.3, -0.25) is 33.0 Å². The van der Waals surface area contributed by atoms with Crippen molar-refractivity contribution in [3.63, 3.8) is 0 Å². The Kier molecular flexibility index (Phi) is 25.9. The third-order valence-electron chi connectivity index (χ3n) is 14.9. The van der Waals surface area contributed by atoms with E-state index in [4.69, 9.17) is 43.6 Å². The molecule has 0 saturated heterocycles. The molecule has 0 unspecified atom stereocenters. The number of hydrogen-bond donors (Lipinski definition) is 7. The predicted octanol–water partition coefficient (Wildman–Crippen LogP) is 3.64. The molecular weight excluding hydrogens is 1180 g/mol. The molecular formula is C59H77N11O18S. The first-order valence-electron chi connectivity index (χ1n) is 29.4. The molecule has 89 heavy (non-hydrogen) atoms. The van der Waals surface area contributed by atoms with E-state index in [9.17, 15) is 51.6 Å². The molecule has 2 aromatic carbocycles. The lowest BCUT2D eigenvalue weighted by atomic mass is 9.89. The molecule has 9 N–H and O–H groups in total. The molecule has 0 bridgehead atoms. The highest BCUT2D eigenvalue weighted by atomic mass is 32.2. The van der Waals surface area contributed by atoms with Crippen LogP contribution in [-0.4, -0.2) is 153 Å². The molecule has 1 fully saturated rings. The molecule has 6 atom stereocenters. The van der Waals surface area contributed by atoms with E-state index in [0.29, 0.717) is 53.5 Å². The number of benzene rings is 2. The normalized spacial score (nSPS) is 17.7. The van der Waals surface area contributed by atoms with Crippen LogP contribution in [0.15, 0.2) is 79.3 Å². The van der Waals surface area contributed by atoms with Crippen LogP contribution in [0.25, 0.3) is 11.0 Å². The maximum atomic E-state index is 13.7. The molecule has 7 rings (SSSR count). The summed E-state index contributed by atoms with van der Waals surface area (Å²) in [5.74, 6) is -5.35. The number of rotatable bonds is 37. The lowest BCUT2D eigenvalue weighted by Crippen LogP contribution is -2.45. The minimum Gasteiger partial charge on any atom is -0.462 e. The summed E-state index contributed by atoms with van der Waals surface area (Å²) in [6, 6.07) is 15.0. The van der Waals surface area contributed by atoms with Gasteiger partial charge in [-0.1, -0.05) is 55.3 Å². The van der Waals surface area contributed by atoms with E-state index in [1.54, 1.807) is 38.1 Å². The molecule has 29 nitrogen and oxygen atoms in total. The maximum Gasteiger partial charge on any atom is 0.407 e. The second kappa shape index (κ2) is 33.8. The quantitative estimate of drug-likeness (QED) is 0.0192. The summed E-state index contributed by atoms with van der Waals surface area (Å²) >= 11 is 0. The van der Waals surface area contributed by atoms with Crippen molar-refractivity contribution >= 4 is 86.3 Å². The first-order valence-corrected chi connectivity index (χ1v) is 30.9. The summed E-state index contributed by atoms with van der Waals surface area (Å²) in [5, 5.41) is 20.5. The van der Waals surface area contributed by atoms with Crippen molar-refractivity contribution in [2.45, 2.75) is 115 Å². The number of aromatic nitrogens is 3. The Hall–Kier alpha value is -8.42. The Bertz CT molecular complexity index is 3250. The number of carbonyl (C=O) groups excluding carboxylic acids is 9. The SMILES string of the molecule is CC(C)[C@@H](NC(=O)CCOCCC(=O)ON1C(=O)C=CC1=O)C(=O)C[C@H](CCCNC(N)=O)C(=O)Nc1ccc(COC(=O)NCCOCCOCCCC(=O)O[C@H]2C[C@H](n3ccc4c(N[C@H]5CCc6ccccc65)ncnc43)C[C@H]2COS(N)(=O)=O)cc1. The third kappa shape index (κ3) is 21.7. The van der Waals surface area contributed by atoms with Gasteiger partial charge < -0.3 is 65.4 Å².